The Hall–Kier alpha value is -1.66. The van der Waals surface area contributed by atoms with Crippen molar-refractivity contribution in [1.82, 2.24) is 9.88 Å². The summed E-state index contributed by atoms with van der Waals surface area (Å²) in [6, 6.07) is 4.15. The fourth-order valence-electron chi connectivity index (χ4n) is 2.26. The van der Waals surface area contributed by atoms with Gasteiger partial charge in [-0.15, -0.1) is 0 Å². The number of pyridine rings is 1. The van der Waals surface area contributed by atoms with E-state index in [1.54, 1.807) is 6.20 Å². The largest absolute Gasteiger partial charge is 0.409 e. The number of nitrogens with two attached hydrogens (primary N) is 1. The van der Waals surface area contributed by atoms with E-state index in [-0.39, 0.29) is 11.9 Å². The molecule has 1 aliphatic rings. The van der Waals surface area contributed by atoms with Crippen molar-refractivity contribution < 1.29 is 9.94 Å². The Labute approximate surface area is 112 Å². The van der Waals surface area contributed by atoms with Crippen molar-refractivity contribution in [3.8, 4) is 0 Å². The molecule has 1 saturated heterocycles. The molecular formula is C13H20N4O2. The molecule has 2 rings (SSSR count). The van der Waals surface area contributed by atoms with Gasteiger partial charge in [0.2, 0.25) is 0 Å². The second-order valence-corrected chi connectivity index (χ2v) is 4.92. The van der Waals surface area contributed by atoms with Gasteiger partial charge >= 0.3 is 0 Å². The van der Waals surface area contributed by atoms with Gasteiger partial charge in [0.1, 0.15) is 5.69 Å². The number of morpholine rings is 1. The van der Waals surface area contributed by atoms with E-state index in [0.29, 0.717) is 18.3 Å². The van der Waals surface area contributed by atoms with Gasteiger partial charge in [0, 0.05) is 25.3 Å². The molecule has 104 valence electrons. The van der Waals surface area contributed by atoms with Gasteiger partial charge in [0.05, 0.1) is 12.7 Å². The van der Waals surface area contributed by atoms with E-state index in [0.717, 1.165) is 18.7 Å². The maximum atomic E-state index is 8.80. The van der Waals surface area contributed by atoms with Gasteiger partial charge in [0.15, 0.2) is 5.84 Å². The first-order chi connectivity index (χ1) is 9.11. The highest BCUT2D eigenvalue weighted by molar-refractivity contribution is 5.96. The van der Waals surface area contributed by atoms with E-state index in [1.165, 1.54) is 0 Å². The molecule has 1 aliphatic heterocycles. The number of hydrogen-bond donors (Lipinski definition) is 2. The molecule has 0 radical (unpaired) electrons. The molecule has 2 heterocycles. The summed E-state index contributed by atoms with van der Waals surface area (Å²) in [5.41, 5.74) is 7.15. The second kappa shape index (κ2) is 5.99. The molecule has 2 unspecified atom stereocenters. The highest BCUT2D eigenvalue weighted by Crippen LogP contribution is 2.16. The topological polar surface area (TPSA) is 84.0 Å². The monoisotopic (exact) mass is 264 g/mol. The first kappa shape index (κ1) is 13.8. The molecule has 1 aromatic rings. The molecule has 6 nitrogen and oxygen atoms in total. The van der Waals surface area contributed by atoms with Crippen molar-refractivity contribution in [2.75, 3.05) is 13.2 Å². The van der Waals surface area contributed by atoms with Crippen molar-refractivity contribution in [2.45, 2.75) is 32.5 Å². The van der Waals surface area contributed by atoms with Gasteiger partial charge in [-0.1, -0.05) is 11.2 Å². The number of aromatic nitrogens is 1. The zero-order chi connectivity index (χ0) is 13.8. The Kier molecular flexibility index (Phi) is 4.34. The smallest absolute Gasteiger partial charge is 0.189 e. The molecule has 19 heavy (non-hydrogen) atoms. The molecule has 0 aromatic carbocycles. The Balaban J connectivity index is 2.18. The molecule has 6 heteroatoms. The highest BCUT2D eigenvalue weighted by atomic mass is 16.5. The second-order valence-electron chi connectivity index (χ2n) is 4.92. The first-order valence-electron chi connectivity index (χ1n) is 6.39. The zero-order valence-corrected chi connectivity index (χ0v) is 11.3. The van der Waals surface area contributed by atoms with Crippen molar-refractivity contribution in [3.05, 3.63) is 29.6 Å². The Bertz CT molecular complexity index is 464. The van der Waals surface area contributed by atoms with Crippen LogP contribution in [0.3, 0.4) is 0 Å². The van der Waals surface area contributed by atoms with Gasteiger partial charge in [-0.2, -0.15) is 0 Å². The van der Waals surface area contributed by atoms with Gasteiger partial charge in [-0.25, -0.2) is 0 Å². The quantitative estimate of drug-likeness (QED) is 0.365. The van der Waals surface area contributed by atoms with Crippen LogP contribution in [0.1, 0.15) is 25.1 Å². The summed E-state index contributed by atoms with van der Waals surface area (Å²) in [6.45, 7) is 6.50. The lowest BCUT2D eigenvalue weighted by atomic mass is 10.1. The van der Waals surface area contributed by atoms with Crippen molar-refractivity contribution >= 4 is 5.84 Å². The third-order valence-electron chi connectivity index (χ3n) is 3.35. The minimum atomic E-state index is 0.0459. The van der Waals surface area contributed by atoms with Crippen molar-refractivity contribution in [1.29, 1.82) is 0 Å². The van der Waals surface area contributed by atoms with Crippen LogP contribution in [0.15, 0.2) is 23.5 Å². The van der Waals surface area contributed by atoms with Crippen LogP contribution in [0.25, 0.3) is 0 Å². The summed E-state index contributed by atoms with van der Waals surface area (Å²) in [6.07, 6.45) is 1.86. The third kappa shape index (κ3) is 3.21. The maximum Gasteiger partial charge on any atom is 0.189 e. The highest BCUT2D eigenvalue weighted by Gasteiger charge is 2.24. The maximum absolute atomic E-state index is 8.80. The molecule has 2 atom stereocenters. The molecule has 0 spiro atoms. The minimum absolute atomic E-state index is 0.0459. The van der Waals surface area contributed by atoms with E-state index in [4.69, 9.17) is 15.7 Å². The molecule has 0 saturated carbocycles. The van der Waals surface area contributed by atoms with E-state index < -0.39 is 0 Å². The summed E-state index contributed by atoms with van der Waals surface area (Å²) in [5.74, 6) is 0.0459. The fourth-order valence-corrected chi connectivity index (χ4v) is 2.26. The van der Waals surface area contributed by atoms with Gasteiger partial charge in [0.25, 0.3) is 0 Å². The Morgan fingerprint density at radius 2 is 2.42 bits per heavy atom. The predicted molar refractivity (Wildman–Crippen MR) is 72.0 cm³/mol. The number of nitrogens with zero attached hydrogens (tertiary/aromatic N) is 3. The summed E-state index contributed by atoms with van der Waals surface area (Å²) in [4.78, 5) is 6.50. The van der Waals surface area contributed by atoms with Crippen LogP contribution in [0.2, 0.25) is 0 Å². The number of rotatable bonds is 3. The molecule has 3 N–H and O–H groups in total. The van der Waals surface area contributed by atoms with E-state index in [9.17, 15) is 0 Å². The van der Waals surface area contributed by atoms with Crippen LogP contribution >= 0.6 is 0 Å². The predicted octanol–water partition coefficient (Wildman–Crippen LogP) is 0.785. The SMILES string of the molecule is CC1CN(Cc2cccnc2/C(N)=N/O)C(C)CO1. The normalized spacial score (nSPS) is 25.5. The molecule has 0 aliphatic carbocycles. The third-order valence-corrected chi connectivity index (χ3v) is 3.35. The number of hydrogen-bond acceptors (Lipinski definition) is 5. The van der Waals surface area contributed by atoms with Crippen molar-refractivity contribution in [2.24, 2.45) is 10.9 Å². The van der Waals surface area contributed by atoms with E-state index >= 15 is 0 Å². The van der Waals surface area contributed by atoms with Crippen LogP contribution in [-0.4, -0.2) is 46.2 Å². The summed E-state index contributed by atoms with van der Waals surface area (Å²) in [5, 5.41) is 11.8. The average molecular weight is 264 g/mol. The lowest BCUT2D eigenvalue weighted by molar-refractivity contribution is -0.0527. The molecule has 1 fully saturated rings. The van der Waals surface area contributed by atoms with Crippen LogP contribution in [0, 0.1) is 0 Å². The van der Waals surface area contributed by atoms with E-state index in [2.05, 4.69) is 28.9 Å². The van der Waals surface area contributed by atoms with Crippen LogP contribution in [0.5, 0.6) is 0 Å². The number of oxime groups is 1. The number of ether oxygens (including phenoxy) is 1. The standard InChI is InChI=1S/C13H20N4O2/c1-9-8-19-10(2)6-17(9)7-11-4-3-5-15-12(11)13(14)16-18/h3-5,9-10,18H,6-8H2,1-2H3,(H2,14,16). The molecule has 1 aromatic heterocycles. The van der Waals surface area contributed by atoms with Crippen LogP contribution < -0.4 is 5.73 Å². The lowest BCUT2D eigenvalue weighted by Gasteiger charge is -2.36. The lowest BCUT2D eigenvalue weighted by Crippen LogP contribution is -2.46. The molecular weight excluding hydrogens is 244 g/mol. The molecule has 0 bridgehead atoms. The molecule has 0 amide bonds. The van der Waals surface area contributed by atoms with Gasteiger partial charge < -0.3 is 15.7 Å². The minimum Gasteiger partial charge on any atom is -0.409 e. The van der Waals surface area contributed by atoms with Crippen molar-refractivity contribution in [3.63, 3.8) is 0 Å². The summed E-state index contributed by atoms with van der Waals surface area (Å²) >= 11 is 0. The zero-order valence-electron chi connectivity index (χ0n) is 11.3. The fraction of sp³-hybridized carbons (Fsp3) is 0.538. The van der Waals surface area contributed by atoms with Gasteiger partial charge in [-0.3, -0.25) is 9.88 Å². The summed E-state index contributed by atoms with van der Waals surface area (Å²) in [7, 11) is 0. The average Bonchev–Trinajstić information content (AvgIpc) is 2.42. The number of amidine groups is 1. The van der Waals surface area contributed by atoms with E-state index in [1.807, 2.05) is 12.1 Å². The van der Waals surface area contributed by atoms with Gasteiger partial charge in [-0.05, 0) is 25.5 Å². The van der Waals surface area contributed by atoms with Crippen LogP contribution in [-0.2, 0) is 11.3 Å². The van der Waals surface area contributed by atoms with Crippen LogP contribution in [0.4, 0.5) is 0 Å². The first-order valence-corrected chi connectivity index (χ1v) is 6.39. The Morgan fingerprint density at radius 1 is 1.63 bits per heavy atom. The Morgan fingerprint density at radius 3 is 3.16 bits per heavy atom. The summed E-state index contributed by atoms with van der Waals surface area (Å²) < 4.78 is 5.61.